The van der Waals surface area contributed by atoms with E-state index in [9.17, 15) is 0 Å². The molecule has 0 atom stereocenters. The molecule has 6 heteroatoms. The van der Waals surface area contributed by atoms with E-state index >= 15 is 0 Å². The highest BCUT2D eigenvalue weighted by Crippen LogP contribution is 2.23. The number of hydrogen-bond donors (Lipinski definition) is 2. The monoisotopic (exact) mass is 289 g/mol. The van der Waals surface area contributed by atoms with Crippen LogP contribution in [-0.2, 0) is 6.54 Å². The molecule has 0 heterocycles. The third-order valence-corrected chi connectivity index (χ3v) is 3.39. The van der Waals surface area contributed by atoms with Gasteiger partial charge in [0.1, 0.15) is 5.84 Å². The number of oxime groups is 1. The fraction of sp³-hybridized carbons (Fsp3) is 0.417. The Labute approximate surface area is 117 Å². The van der Waals surface area contributed by atoms with E-state index in [-0.39, 0.29) is 5.84 Å². The van der Waals surface area contributed by atoms with E-state index < -0.39 is 0 Å². The third kappa shape index (κ3) is 4.72. The largest absolute Gasteiger partial charge is 0.409 e. The van der Waals surface area contributed by atoms with Crippen molar-refractivity contribution in [2.75, 3.05) is 13.1 Å². The van der Waals surface area contributed by atoms with Crippen molar-refractivity contribution in [3.8, 4) is 0 Å². The molecular formula is C12H17Cl2N3O. The highest BCUT2D eigenvalue weighted by Gasteiger charge is 2.06. The van der Waals surface area contributed by atoms with Gasteiger partial charge in [0.25, 0.3) is 0 Å². The Kier molecular flexibility index (Phi) is 6.25. The summed E-state index contributed by atoms with van der Waals surface area (Å²) in [5.74, 6) is 0.239. The SMILES string of the molecule is CCN(CC/C(N)=N/O)Cc1ccc(Cl)c(Cl)c1. The third-order valence-electron chi connectivity index (χ3n) is 2.65. The molecule has 0 aliphatic heterocycles. The van der Waals surface area contributed by atoms with E-state index in [1.54, 1.807) is 6.07 Å². The van der Waals surface area contributed by atoms with Crippen molar-refractivity contribution < 1.29 is 5.21 Å². The van der Waals surface area contributed by atoms with Gasteiger partial charge in [-0.1, -0.05) is 41.3 Å². The van der Waals surface area contributed by atoms with Crippen LogP contribution in [0.15, 0.2) is 23.4 Å². The Morgan fingerprint density at radius 2 is 2.11 bits per heavy atom. The molecule has 0 radical (unpaired) electrons. The van der Waals surface area contributed by atoms with Crippen molar-refractivity contribution in [1.29, 1.82) is 0 Å². The molecule has 18 heavy (non-hydrogen) atoms. The van der Waals surface area contributed by atoms with Crippen LogP contribution in [0.2, 0.25) is 10.0 Å². The van der Waals surface area contributed by atoms with Crippen molar-refractivity contribution in [3.63, 3.8) is 0 Å². The number of nitrogens with zero attached hydrogens (tertiary/aromatic N) is 2. The number of hydrogen-bond acceptors (Lipinski definition) is 3. The van der Waals surface area contributed by atoms with Gasteiger partial charge in [0.2, 0.25) is 0 Å². The predicted octanol–water partition coefficient (Wildman–Crippen LogP) is 2.95. The van der Waals surface area contributed by atoms with Crippen molar-refractivity contribution >= 4 is 29.0 Å². The van der Waals surface area contributed by atoms with Gasteiger partial charge in [-0.05, 0) is 24.2 Å². The minimum Gasteiger partial charge on any atom is -0.409 e. The number of amidine groups is 1. The zero-order valence-corrected chi connectivity index (χ0v) is 11.7. The highest BCUT2D eigenvalue weighted by atomic mass is 35.5. The molecule has 0 saturated carbocycles. The lowest BCUT2D eigenvalue weighted by atomic mass is 10.2. The van der Waals surface area contributed by atoms with Crippen LogP contribution in [-0.4, -0.2) is 29.0 Å². The van der Waals surface area contributed by atoms with E-state index in [1.165, 1.54) is 0 Å². The average Bonchev–Trinajstić information content (AvgIpc) is 2.38. The molecule has 4 nitrogen and oxygen atoms in total. The predicted molar refractivity (Wildman–Crippen MR) is 75.4 cm³/mol. The van der Waals surface area contributed by atoms with Gasteiger partial charge in [-0.2, -0.15) is 0 Å². The number of halogens is 2. The molecule has 0 aromatic heterocycles. The topological polar surface area (TPSA) is 61.8 Å². The quantitative estimate of drug-likeness (QED) is 0.366. The van der Waals surface area contributed by atoms with Crippen LogP contribution in [0.3, 0.4) is 0 Å². The van der Waals surface area contributed by atoms with E-state index in [1.807, 2.05) is 12.1 Å². The number of rotatable bonds is 6. The van der Waals surface area contributed by atoms with Gasteiger partial charge in [0.15, 0.2) is 0 Å². The molecule has 0 saturated heterocycles. The van der Waals surface area contributed by atoms with Crippen LogP contribution in [0.25, 0.3) is 0 Å². The van der Waals surface area contributed by atoms with Gasteiger partial charge in [-0.25, -0.2) is 0 Å². The van der Waals surface area contributed by atoms with Crippen LogP contribution >= 0.6 is 23.2 Å². The molecule has 0 aliphatic rings. The lowest BCUT2D eigenvalue weighted by molar-refractivity contribution is 0.283. The Bertz CT molecular complexity index is 424. The fourth-order valence-corrected chi connectivity index (χ4v) is 1.89. The zero-order chi connectivity index (χ0) is 13.5. The summed E-state index contributed by atoms with van der Waals surface area (Å²) in [7, 11) is 0. The first-order chi connectivity index (χ1) is 8.56. The van der Waals surface area contributed by atoms with E-state index in [0.717, 1.165) is 25.2 Å². The molecule has 0 fully saturated rings. The normalized spacial score (nSPS) is 12.1. The summed E-state index contributed by atoms with van der Waals surface area (Å²) in [6.45, 7) is 4.42. The molecule has 0 aliphatic carbocycles. The Morgan fingerprint density at radius 3 is 2.67 bits per heavy atom. The lowest BCUT2D eigenvalue weighted by Gasteiger charge is -2.20. The summed E-state index contributed by atoms with van der Waals surface area (Å²) >= 11 is 11.8. The average molecular weight is 290 g/mol. The first-order valence-electron chi connectivity index (χ1n) is 5.69. The van der Waals surface area contributed by atoms with Gasteiger partial charge in [-0.15, -0.1) is 0 Å². The van der Waals surface area contributed by atoms with Gasteiger partial charge in [-0.3, -0.25) is 4.90 Å². The van der Waals surface area contributed by atoms with Crippen LogP contribution in [0.1, 0.15) is 18.9 Å². The Hall–Kier alpha value is -0.970. The summed E-state index contributed by atoms with van der Waals surface area (Å²) in [4.78, 5) is 2.18. The zero-order valence-electron chi connectivity index (χ0n) is 10.2. The van der Waals surface area contributed by atoms with Gasteiger partial charge >= 0.3 is 0 Å². The molecule has 1 aromatic rings. The summed E-state index contributed by atoms with van der Waals surface area (Å²) in [6.07, 6.45) is 0.533. The molecule has 1 aromatic carbocycles. The Balaban J connectivity index is 2.59. The molecule has 0 unspecified atom stereocenters. The summed E-state index contributed by atoms with van der Waals surface area (Å²) in [6, 6.07) is 5.59. The van der Waals surface area contributed by atoms with Crippen LogP contribution in [0.5, 0.6) is 0 Å². The molecular weight excluding hydrogens is 273 g/mol. The smallest absolute Gasteiger partial charge is 0.140 e. The van der Waals surface area contributed by atoms with E-state index in [2.05, 4.69) is 17.0 Å². The Morgan fingerprint density at radius 1 is 1.39 bits per heavy atom. The molecule has 0 amide bonds. The van der Waals surface area contributed by atoms with E-state index in [4.69, 9.17) is 34.1 Å². The first kappa shape index (κ1) is 15.1. The molecule has 1 rings (SSSR count). The van der Waals surface area contributed by atoms with Crippen molar-refractivity contribution in [1.82, 2.24) is 4.90 Å². The molecule has 3 N–H and O–H groups in total. The number of benzene rings is 1. The summed E-state index contributed by atoms with van der Waals surface area (Å²) in [5, 5.41) is 12.6. The second kappa shape index (κ2) is 7.46. The van der Waals surface area contributed by atoms with Crippen molar-refractivity contribution in [2.45, 2.75) is 19.9 Å². The second-order valence-corrected chi connectivity index (χ2v) is 4.77. The maximum absolute atomic E-state index is 8.49. The van der Waals surface area contributed by atoms with Crippen LogP contribution in [0.4, 0.5) is 0 Å². The van der Waals surface area contributed by atoms with Gasteiger partial charge in [0, 0.05) is 19.5 Å². The molecule has 0 bridgehead atoms. The summed E-state index contributed by atoms with van der Waals surface area (Å²) < 4.78 is 0. The van der Waals surface area contributed by atoms with Crippen molar-refractivity contribution in [3.05, 3.63) is 33.8 Å². The van der Waals surface area contributed by atoms with Gasteiger partial charge in [0.05, 0.1) is 10.0 Å². The maximum Gasteiger partial charge on any atom is 0.140 e. The fourth-order valence-electron chi connectivity index (χ4n) is 1.57. The minimum absolute atomic E-state index is 0.239. The maximum atomic E-state index is 8.49. The minimum atomic E-state index is 0.239. The summed E-state index contributed by atoms with van der Waals surface area (Å²) in [5.41, 5.74) is 6.54. The standard InChI is InChI=1S/C12H17Cl2N3O/c1-2-17(6-5-12(15)16-18)8-9-3-4-10(13)11(14)7-9/h3-4,7,18H,2,5-6,8H2,1H3,(H2,15,16). The molecule has 0 spiro atoms. The van der Waals surface area contributed by atoms with Gasteiger partial charge < -0.3 is 10.9 Å². The van der Waals surface area contributed by atoms with Crippen LogP contribution in [0, 0.1) is 0 Å². The highest BCUT2D eigenvalue weighted by molar-refractivity contribution is 6.42. The number of nitrogens with two attached hydrogens (primary N) is 1. The lowest BCUT2D eigenvalue weighted by Crippen LogP contribution is -2.27. The van der Waals surface area contributed by atoms with E-state index in [0.29, 0.717) is 16.5 Å². The molecule has 100 valence electrons. The second-order valence-electron chi connectivity index (χ2n) is 3.96. The van der Waals surface area contributed by atoms with Crippen molar-refractivity contribution in [2.24, 2.45) is 10.9 Å². The first-order valence-corrected chi connectivity index (χ1v) is 6.45. The van der Waals surface area contributed by atoms with Crippen LogP contribution < -0.4 is 5.73 Å².